The van der Waals surface area contributed by atoms with Crippen molar-refractivity contribution in [2.45, 2.75) is 19.3 Å². The van der Waals surface area contributed by atoms with E-state index in [4.69, 9.17) is 16.1 Å². The number of rotatable bonds is 5. The Morgan fingerprint density at radius 3 is 2.46 bits per heavy atom. The van der Waals surface area contributed by atoms with E-state index in [0.29, 0.717) is 29.6 Å². The summed E-state index contributed by atoms with van der Waals surface area (Å²) in [7, 11) is 1.89. The Hall–Kier alpha value is -2.38. The normalized spacial score (nSPS) is 11.9. The Morgan fingerprint density at radius 2 is 1.81 bits per heavy atom. The Balaban J connectivity index is 1.66. The van der Waals surface area contributed by atoms with Gasteiger partial charge < -0.3 is 4.52 Å². The molecule has 1 heterocycles. The molecule has 0 atom stereocenters. The lowest BCUT2D eigenvalue weighted by Gasteiger charge is -2.14. The number of benzene rings is 2. The van der Waals surface area contributed by atoms with E-state index in [2.05, 4.69) is 10.1 Å². The van der Waals surface area contributed by atoms with Gasteiger partial charge in [-0.25, -0.2) is 0 Å². The molecule has 0 saturated carbocycles. The van der Waals surface area contributed by atoms with Crippen molar-refractivity contribution in [2.24, 2.45) is 0 Å². The number of hydrogen-bond acceptors (Lipinski definition) is 4. The van der Waals surface area contributed by atoms with E-state index in [0.717, 1.165) is 17.7 Å². The smallest absolute Gasteiger partial charge is 0.338 e. The largest absolute Gasteiger partial charge is 0.416 e. The molecule has 1 aromatic heterocycles. The Kier molecular flexibility index (Phi) is 5.29. The molecule has 0 aliphatic heterocycles. The van der Waals surface area contributed by atoms with Gasteiger partial charge in [0.1, 0.15) is 0 Å². The van der Waals surface area contributed by atoms with Crippen molar-refractivity contribution in [1.29, 1.82) is 0 Å². The van der Waals surface area contributed by atoms with Crippen molar-refractivity contribution < 1.29 is 17.7 Å². The summed E-state index contributed by atoms with van der Waals surface area (Å²) >= 11 is 5.97. The van der Waals surface area contributed by atoms with Crippen LogP contribution in [0.2, 0.25) is 5.02 Å². The molecule has 0 aliphatic rings. The molecule has 26 heavy (non-hydrogen) atoms. The van der Waals surface area contributed by atoms with Crippen LogP contribution in [-0.4, -0.2) is 22.1 Å². The lowest BCUT2D eigenvalue weighted by Crippen LogP contribution is -2.17. The first-order valence-corrected chi connectivity index (χ1v) is 8.12. The van der Waals surface area contributed by atoms with Gasteiger partial charge in [-0.2, -0.15) is 18.2 Å². The Labute approximate surface area is 153 Å². The fraction of sp³-hybridized carbons (Fsp3) is 0.222. The van der Waals surface area contributed by atoms with E-state index in [9.17, 15) is 13.2 Å². The number of nitrogens with zero attached hydrogens (tertiary/aromatic N) is 3. The predicted molar refractivity (Wildman–Crippen MR) is 91.4 cm³/mol. The topological polar surface area (TPSA) is 42.2 Å². The minimum atomic E-state index is -4.37. The first-order valence-electron chi connectivity index (χ1n) is 7.74. The third-order valence-electron chi connectivity index (χ3n) is 3.69. The van der Waals surface area contributed by atoms with E-state index in [-0.39, 0.29) is 5.82 Å². The van der Waals surface area contributed by atoms with Crippen molar-refractivity contribution in [1.82, 2.24) is 15.0 Å². The van der Waals surface area contributed by atoms with Gasteiger partial charge in [0.25, 0.3) is 0 Å². The SMILES string of the molecule is CN(Cc1cccc(Cl)c1)Cc1nc(-c2ccc(C(F)(F)F)cc2)no1. The van der Waals surface area contributed by atoms with E-state index >= 15 is 0 Å². The summed E-state index contributed by atoms with van der Waals surface area (Å²) < 4.78 is 43.0. The van der Waals surface area contributed by atoms with Crippen molar-refractivity contribution in [3.63, 3.8) is 0 Å². The van der Waals surface area contributed by atoms with Gasteiger partial charge in [-0.05, 0) is 36.9 Å². The molecule has 8 heteroatoms. The molecular weight excluding hydrogens is 367 g/mol. The average Bonchev–Trinajstić information content (AvgIpc) is 3.02. The highest BCUT2D eigenvalue weighted by Crippen LogP contribution is 2.30. The molecule has 0 unspecified atom stereocenters. The molecule has 0 N–H and O–H groups in total. The zero-order valence-electron chi connectivity index (χ0n) is 13.8. The minimum Gasteiger partial charge on any atom is -0.338 e. The first-order chi connectivity index (χ1) is 12.3. The number of halogens is 4. The summed E-state index contributed by atoms with van der Waals surface area (Å²) in [5.74, 6) is 0.634. The van der Waals surface area contributed by atoms with Crippen LogP contribution in [0.5, 0.6) is 0 Å². The molecule has 0 amide bonds. The number of aromatic nitrogens is 2. The summed E-state index contributed by atoms with van der Waals surface area (Å²) in [6.45, 7) is 1.04. The lowest BCUT2D eigenvalue weighted by molar-refractivity contribution is -0.137. The molecule has 0 radical (unpaired) electrons. The fourth-order valence-corrected chi connectivity index (χ4v) is 2.69. The number of alkyl halides is 3. The van der Waals surface area contributed by atoms with Gasteiger partial charge in [-0.15, -0.1) is 0 Å². The van der Waals surface area contributed by atoms with Gasteiger partial charge in [0.15, 0.2) is 0 Å². The van der Waals surface area contributed by atoms with E-state index in [1.54, 1.807) is 6.07 Å². The standard InChI is InChI=1S/C18H15ClF3N3O/c1-25(10-12-3-2-4-15(19)9-12)11-16-23-17(24-26-16)13-5-7-14(8-6-13)18(20,21)22/h2-9H,10-11H2,1H3. The third kappa shape index (κ3) is 4.62. The van der Waals surface area contributed by atoms with Gasteiger partial charge in [-0.3, -0.25) is 4.90 Å². The second-order valence-electron chi connectivity index (χ2n) is 5.89. The number of hydrogen-bond donors (Lipinski definition) is 0. The molecule has 4 nitrogen and oxygen atoms in total. The molecule has 0 saturated heterocycles. The molecule has 0 fully saturated rings. The molecule has 2 aromatic carbocycles. The van der Waals surface area contributed by atoms with Crippen molar-refractivity contribution in [2.75, 3.05) is 7.05 Å². The highest BCUT2D eigenvalue weighted by molar-refractivity contribution is 6.30. The summed E-state index contributed by atoms with van der Waals surface area (Å²) in [6, 6.07) is 12.2. The van der Waals surface area contributed by atoms with Gasteiger partial charge in [0.2, 0.25) is 11.7 Å². The van der Waals surface area contributed by atoms with Crippen LogP contribution in [0.15, 0.2) is 53.1 Å². The van der Waals surface area contributed by atoms with Gasteiger partial charge in [0.05, 0.1) is 12.1 Å². The summed E-state index contributed by atoms with van der Waals surface area (Å²) in [5, 5.41) is 4.50. The maximum atomic E-state index is 12.6. The van der Waals surface area contributed by atoms with E-state index < -0.39 is 11.7 Å². The fourth-order valence-electron chi connectivity index (χ4n) is 2.48. The second-order valence-corrected chi connectivity index (χ2v) is 6.33. The highest BCUT2D eigenvalue weighted by atomic mass is 35.5. The molecule has 3 aromatic rings. The van der Waals surface area contributed by atoms with Crippen LogP contribution in [0.4, 0.5) is 13.2 Å². The van der Waals surface area contributed by atoms with Gasteiger partial charge >= 0.3 is 6.18 Å². The second kappa shape index (κ2) is 7.47. The monoisotopic (exact) mass is 381 g/mol. The molecule has 0 bridgehead atoms. The maximum absolute atomic E-state index is 12.6. The van der Waals surface area contributed by atoms with Crippen LogP contribution in [0.25, 0.3) is 11.4 Å². The zero-order valence-corrected chi connectivity index (χ0v) is 14.6. The summed E-state index contributed by atoms with van der Waals surface area (Å²) in [5.41, 5.74) is 0.791. The zero-order chi connectivity index (χ0) is 18.7. The quantitative estimate of drug-likeness (QED) is 0.621. The maximum Gasteiger partial charge on any atom is 0.416 e. The van der Waals surface area contributed by atoms with Crippen LogP contribution >= 0.6 is 11.6 Å². The van der Waals surface area contributed by atoms with Crippen LogP contribution in [0.3, 0.4) is 0 Å². The van der Waals surface area contributed by atoms with E-state index in [1.807, 2.05) is 30.1 Å². The summed E-state index contributed by atoms with van der Waals surface area (Å²) in [6.07, 6.45) is -4.37. The predicted octanol–water partition coefficient (Wildman–Crippen LogP) is 5.04. The molecule has 0 spiro atoms. The third-order valence-corrected chi connectivity index (χ3v) is 3.92. The lowest BCUT2D eigenvalue weighted by atomic mass is 10.1. The van der Waals surface area contributed by atoms with Crippen LogP contribution in [0.1, 0.15) is 17.0 Å². The molecule has 0 aliphatic carbocycles. The Bertz CT molecular complexity index is 878. The van der Waals surface area contributed by atoms with Crippen molar-refractivity contribution in [3.05, 3.63) is 70.6 Å². The van der Waals surface area contributed by atoms with Gasteiger partial charge in [0, 0.05) is 17.1 Å². The van der Waals surface area contributed by atoms with Crippen molar-refractivity contribution >= 4 is 11.6 Å². The van der Waals surface area contributed by atoms with Gasteiger partial charge in [-0.1, -0.05) is 41.0 Å². The minimum absolute atomic E-state index is 0.255. The molecule has 136 valence electrons. The van der Waals surface area contributed by atoms with E-state index in [1.165, 1.54) is 12.1 Å². The van der Waals surface area contributed by atoms with Crippen LogP contribution in [-0.2, 0) is 19.3 Å². The Morgan fingerprint density at radius 1 is 1.08 bits per heavy atom. The van der Waals surface area contributed by atoms with Crippen molar-refractivity contribution in [3.8, 4) is 11.4 Å². The van der Waals surface area contributed by atoms with Crippen LogP contribution in [0, 0.1) is 0 Å². The summed E-state index contributed by atoms with van der Waals surface area (Å²) in [4.78, 5) is 6.21. The van der Waals surface area contributed by atoms with Crippen LogP contribution < -0.4 is 0 Å². The molecule has 3 rings (SSSR count). The average molecular weight is 382 g/mol. The molecular formula is C18H15ClF3N3O. The highest BCUT2D eigenvalue weighted by Gasteiger charge is 2.30. The first kappa shape index (κ1) is 18.4.